The Morgan fingerprint density at radius 3 is 2.85 bits per heavy atom. The molecular formula is C17H19FN4O3S. The van der Waals surface area contributed by atoms with Gasteiger partial charge in [0.2, 0.25) is 5.95 Å². The zero-order valence-corrected chi connectivity index (χ0v) is 15.0. The Kier molecular flexibility index (Phi) is 5.17. The summed E-state index contributed by atoms with van der Waals surface area (Å²) in [6, 6.07) is 6.95. The molecule has 1 aliphatic heterocycles. The number of hydrogen-bond acceptors (Lipinski definition) is 6. The third-order valence-corrected chi connectivity index (χ3v) is 5.96. The van der Waals surface area contributed by atoms with Crippen LogP contribution in [0.3, 0.4) is 0 Å². The monoisotopic (exact) mass is 378 g/mol. The molecule has 1 aromatic heterocycles. The summed E-state index contributed by atoms with van der Waals surface area (Å²) in [7, 11) is -3.09. The van der Waals surface area contributed by atoms with E-state index in [-0.39, 0.29) is 35.1 Å². The number of amides is 1. The van der Waals surface area contributed by atoms with Gasteiger partial charge in [0, 0.05) is 24.5 Å². The third kappa shape index (κ3) is 4.16. The fraction of sp³-hybridized carbons (Fsp3) is 0.353. The Bertz CT molecular complexity index is 920. The van der Waals surface area contributed by atoms with Crippen LogP contribution in [-0.4, -0.2) is 53.3 Å². The van der Waals surface area contributed by atoms with Gasteiger partial charge in [0.15, 0.2) is 9.84 Å². The van der Waals surface area contributed by atoms with E-state index in [1.165, 1.54) is 29.3 Å². The standard InChI is InChI=1S/C17H19FN4O3S/c1-2-22(14-7-9-26(24,25)11-14)16(23)15-6-8-19-17(21-15)20-13-5-3-4-12(18)10-13/h3-6,8,10,14H,2,7,9,11H2,1H3,(H,19,20,21). The number of aromatic nitrogens is 2. The molecular weight excluding hydrogens is 359 g/mol. The molecule has 26 heavy (non-hydrogen) atoms. The molecule has 0 bridgehead atoms. The smallest absolute Gasteiger partial charge is 0.272 e. The number of sulfone groups is 1. The predicted molar refractivity (Wildman–Crippen MR) is 95.5 cm³/mol. The van der Waals surface area contributed by atoms with Crippen LogP contribution in [0.15, 0.2) is 36.5 Å². The Labute approximate surface area is 151 Å². The van der Waals surface area contributed by atoms with Crippen molar-refractivity contribution in [3.63, 3.8) is 0 Å². The highest BCUT2D eigenvalue weighted by atomic mass is 32.2. The first-order valence-corrected chi connectivity index (χ1v) is 10.1. The number of nitrogens with zero attached hydrogens (tertiary/aromatic N) is 3. The Morgan fingerprint density at radius 2 is 2.19 bits per heavy atom. The second-order valence-corrected chi connectivity index (χ2v) is 8.28. The maximum absolute atomic E-state index is 13.3. The van der Waals surface area contributed by atoms with Gasteiger partial charge in [0.25, 0.3) is 5.91 Å². The highest BCUT2D eigenvalue weighted by molar-refractivity contribution is 7.91. The summed E-state index contributed by atoms with van der Waals surface area (Å²) in [6.45, 7) is 2.19. The van der Waals surface area contributed by atoms with Crippen molar-refractivity contribution in [2.75, 3.05) is 23.4 Å². The van der Waals surface area contributed by atoms with E-state index >= 15 is 0 Å². The number of halogens is 1. The summed E-state index contributed by atoms with van der Waals surface area (Å²) in [4.78, 5) is 22.5. The quantitative estimate of drug-likeness (QED) is 0.856. The summed E-state index contributed by atoms with van der Waals surface area (Å²) < 4.78 is 36.7. The van der Waals surface area contributed by atoms with Crippen molar-refractivity contribution in [3.05, 3.63) is 48.0 Å². The number of hydrogen-bond donors (Lipinski definition) is 1. The van der Waals surface area contributed by atoms with Crippen LogP contribution >= 0.6 is 0 Å². The molecule has 1 amide bonds. The van der Waals surface area contributed by atoms with Gasteiger partial charge < -0.3 is 10.2 Å². The number of carbonyl (C=O) groups excluding carboxylic acids is 1. The normalized spacial score (nSPS) is 18.5. The Hall–Kier alpha value is -2.55. The average molecular weight is 378 g/mol. The van der Waals surface area contributed by atoms with Crippen LogP contribution < -0.4 is 5.32 Å². The van der Waals surface area contributed by atoms with Crippen LogP contribution in [0.2, 0.25) is 0 Å². The molecule has 0 aliphatic carbocycles. The molecule has 0 saturated carbocycles. The van der Waals surface area contributed by atoms with Crippen molar-refractivity contribution < 1.29 is 17.6 Å². The lowest BCUT2D eigenvalue weighted by Crippen LogP contribution is -2.41. The minimum atomic E-state index is -3.09. The first-order valence-electron chi connectivity index (χ1n) is 8.25. The molecule has 1 unspecified atom stereocenters. The summed E-state index contributed by atoms with van der Waals surface area (Å²) >= 11 is 0. The second kappa shape index (κ2) is 7.36. The Morgan fingerprint density at radius 1 is 1.38 bits per heavy atom. The van der Waals surface area contributed by atoms with Gasteiger partial charge in [-0.1, -0.05) is 6.07 Å². The molecule has 2 heterocycles. The average Bonchev–Trinajstić information content (AvgIpc) is 2.95. The van der Waals surface area contributed by atoms with Crippen molar-refractivity contribution in [1.82, 2.24) is 14.9 Å². The molecule has 0 spiro atoms. The molecule has 1 aromatic carbocycles. The lowest BCUT2D eigenvalue weighted by atomic mass is 10.2. The molecule has 0 radical (unpaired) electrons. The minimum Gasteiger partial charge on any atom is -0.334 e. The van der Waals surface area contributed by atoms with E-state index in [1.54, 1.807) is 19.1 Å². The summed E-state index contributed by atoms with van der Waals surface area (Å²) in [5.74, 6) is -0.512. The summed E-state index contributed by atoms with van der Waals surface area (Å²) in [6.07, 6.45) is 1.86. The van der Waals surface area contributed by atoms with E-state index in [0.29, 0.717) is 18.7 Å². The number of benzene rings is 1. The van der Waals surface area contributed by atoms with Gasteiger partial charge in [-0.05, 0) is 37.6 Å². The van der Waals surface area contributed by atoms with Crippen molar-refractivity contribution in [1.29, 1.82) is 0 Å². The van der Waals surface area contributed by atoms with Crippen molar-refractivity contribution in [2.45, 2.75) is 19.4 Å². The number of nitrogens with one attached hydrogen (secondary N) is 1. The SMILES string of the molecule is CCN(C(=O)c1ccnc(Nc2cccc(F)c2)n1)C1CCS(=O)(=O)C1. The van der Waals surface area contributed by atoms with Gasteiger partial charge in [-0.3, -0.25) is 4.79 Å². The fourth-order valence-corrected chi connectivity index (χ4v) is 4.70. The Balaban J connectivity index is 1.79. The molecule has 1 aliphatic rings. The van der Waals surface area contributed by atoms with Crippen LogP contribution in [0.25, 0.3) is 0 Å². The summed E-state index contributed by atoms with van der Waals surface area (Å²) in [5.41, 5.74) is 0.619. The van der Waals surface area contributed by atoms with Gasteiger partial charge in [0.05, 0.1) is 11.5 Å². The molecule has 1 saturated heterocycles. The maximum atomic E-state index is 13.3. The zero-order chi connectivity index (χ0) is 18.7. The highest BCUT2D eigenvalue weighted by Gasteiger charge is 2.34. The number of anilines is 2. The molecule has 1 N–H and O–H groups in total. The van der Waals surface area contributed by atoms with Crippen LogP contribution in [0.1, 0.15) is 23.8 Å². The van der Waals surface area contributed by atoms with E-state index in [0.717, 1.165) is 0 Å². The van der Waals surface area contributed by atoms with Gasteiger partial charge in [-0.25, -0.2) is 22.8 Å². The first-order chi connectivity index (χ1) is 12.4. The molecule has 9 heteroatoms. The molecule has 2 aromatic rings. The maximum Gasteiger partial charge on any atom is 0.272 e. The van der Waals surface area contributed by atoms with Crippen LogP contribution in [0.4, 0.5) is 16.0 Å². The summed E-state index contributed by atoms with van der Waals surface area (Å²) in [5, 5.41) is 2.85. The molecule has 1 atom stereocenters. The predicted octanol–water partition coefficient (Wildman–Crippen LogP) is 2.01. The van der Waals surface area contributed by atoms with Crippen LogP contribution in [0, 0.1) is 5.82 Å². The minimum absolute atomic E-state index is 0.0218. The second-order valence-electron chi connectivity index (χ2n) is 6.05. The van der Waals surface area contributed by atoms with E-state index in [2.05, 4.69) is 15.3 Å². The van der Waals surface area contributed by atoms with Crippen LogP contribution in [0.5, 0.6) is 0 Å². The number of rotatable bonds is 5. The molecule has 3 rings (SSSR count). The van der Waals surface area contributed by atoms with Crippen LogP contribution in [-0.2, 0) is 9.84 Å². The largest absolute Gasteiger partial charge is 0.334 e. The van der Waals surface area contributed by atoms with Gasteiger partial charge in [-0.2, -0.15) is 0 Å². The van der Waals surface area contributed by atoms with Crippen molar-refractivity contribution >= 4 is 27.4 Å². The van der Waals surface area contributed by atoms with Gasteiger partial charge >= 0.3 is 0 Å². The van der Waals surface area contributed by atoms with Gasteiger partial charge in [-0.15, -0.1) is 0 Å². The van der Waals surface area contributed by atoms with E-state index in [4.69, 9.17) is 0 Å². The van der Waals surface area contributed by atoms with E-state index in [9.17, 15) is 17.6 Å². The fourth-order valence-electron chi connectivity index (χ4n) is 2.97. The first kappa shape index (κ1) is 18.2. The van der Waals surface area contributed by atoms with Crippen molar-refractivity contribution in [3.8, 4) is 0 Å². The molecule has 7 nitrogen and oxygen atoms in total. The molecule has 138 valence electrons. The highest BCUT2D eigenvalue weighted by Crippen LogP contribution is 2.20. The third-order valence-electron chi connectivity index (χ3n) is 4.21. The lowest BCUT2D eigenvalue weighted by Gasteiger charge is -2.26. The van der Waals surface area contributed by atoms with Crippen molar-refractivity contribution in [2.24, 2.45) is 0 Å². The van der Waals surface area contributed by atoms with E-state index < -0.39 is 15.7 Å². The zero-order valence-electron chi connectivity index (χ0n) is 14.2. The topological polar surface area (TPSA) is 92.3 Å². The van der Waals surface area contributed by atoms with E-state index in [1.807, 2.05) is 0 Å². The number of carbonyl (C=O) groups is 1. The lowest BCUT2D eigenvalue weighted by molar-refractivity contribution is 0.0702. The molecule has 1 fully saturated rings. The van der Waals surface area contributed by atoms with Gasteiger partial charge in [0.1, 0.15) is 11.5 Å².